The molecule has 30 heavy (non-hydrogen) atoms. The highest BCUT2D eigenvalue weighted by atomic mass is 15.4. The molecule has 0 bridgehead atoms. The fraction of sp³-hybridized carbons (Fsp3) is 0.286. The molecule has 0 aliphatic carbocycles. The van der Waals surface area contributed by atoms with E-state index >= 15 is 0 Å². The first-order valence-electron chi connectivity index (χ1n) is 10.1. The van der Waals surface area contributed by atoms with Crippen molar-refractivity contribution in [2.45, 2.75) is 18.9 Å². The third-order valence-electron chi connectivity index (χ3n) is 5.28. The van der Waals surface area contributed by atoms with Gasteiger partial charge < -0.3 is 10.6 Å². The Balaban J connectivity index is 1.49. The maximum Gasteiger partial charge on any atom is 0.234 e. The van der Waals surface area contributed by atoms with Crippen molar-refractivity contribution in [2.24, 2.45) is 0 Å². The van der Waals surface area contributed by atoms with Crippen LogP contribution in [0.3, 0.4) is 0 Å². The smallest absolute Gasteiger partial charge is 0.234 e. The monoisotopic (exact) mass is 401 g/mol. The van der Waals surface area contributed by atoms with Gasteiger partial charge in [0, 0.05) is 30.9 Å². The van der Waals surface area contributed by atoms with Crippen molar-refractivity contribution in [3.8, 4) is 11.3 Å². The average Bonchev–Trinajstić information content (AvgIpc) is 3.28. The third-order valence-corrected chi connectivity index (χ3v) is 5.28. The molecule has 1 aliphatic heterocycles. The van der Waals surface area contributed by atoms with Crippen molar-refractivity contribution in [1.29, 1.82) is 0 Å². The van der Waals surface area contributed by atoms with Gasteiger partial charge in [-0.15, -0.1) is 0 Å². The van der Waals surface area contributed by atoms with Crippen LogP contribution in [-0.2, 0) is 0 Å². The molecule has 3 aromatic heterocycles. The van der Waals surface area contributed by atoms with Gasteiger partial charge in [-0.3, -0.25) is 4.90 Å². The molecular weight excluding hydrogens is 378 g/mol. The van der Waals surface area contributed by atoms with Crippen LogP contribution in [0, 0.1) is 0 Å². The number of rotatable bonds is 5. The summed E-state index contributed by atoms with van der Waals surface area (Å²) in [4.78, 5) is 20.3. The van der Waals surface area contributed by atoms with Gasteiger partial charge in [-0.25, -0.2) is 15.0 Å². The molecule has 0 saturated carbocycles. The Morgan fingerprint density at radius 1 is 1.07 bits per heavy atom. The molecule has 9 heteroatoms. The van der Waals surface area contributed by atoms with Crippen molar-refractivity contribution in [3.05, 3.63) is 55.0 Å². The van der Waals surface area contributed by atoms with Gasteiger partial charge in [-0.2, -0.15) is 14.6 Å². The summed E-state index contributed by atoms with van der Waals surface area (Å²) >= 11 is 0. The fourth-order valence-electron chi connectivity index (χ4n) is 3.64. The molecule has 1 fully saturated rings. The van der Waals surface area contributed by atoms with Crippen LogP contribution in [0.1, 0.15) is 12.8 Å². The number of benzene rings is 1. The number of hydrogen-bond donors (Lipinski definition) is 2. The highest BCUT2D eigenvalue weighted by Gasteiger charge is 2.18. The lowest BCUT2D eigenvalue weighted by atomic mass is 10.1. The summed E-state index contributed by atoms with van der Waals surface area (Å²) in [7, 11) is 1.93. The van der Waals surface area contributed by atoms with Gasteiger partial charge in [0.1, 0.15) is 12.1 Å². The quantitative estimate of drug-likeness (QED) is 0.527. The van der Waals surface area contributed by atoms with Gasteiger partial charge in [-0.05, 0) is 32.0 Å². The molecule has 1 aromatic carbocycles. The van der Waals surface area contributed by atoms with E-state index in [1.54, 1.807) is 10.7 Å². The van der Waals surface area contributed by atoms with Crippen LogP contribution in [0.4, 0.5) is 17.7 Å². The first kappa shape index (κ1) is 18.4. The van der Waals surface area contributed by atoms with Crippen LogP contribution < -0.4 is 15.5 Å². The normalized spacial score (nSPS) is 14.7. The maximum atomic E-state index is 4.86. The zero-order valence-corrected chi connectivity index (χ0v) is 16.7. The van der Waals surface area contributed by atoms with Crippen LogP contribution in [0.2, 0.25) is 0 Å². The molecule has 0 unspecified atom stereocenters. The molecule has 0 spiro atoms. The van der Waals surface area contributed by atoms with Gasteiger partial charge in [-0.1, -0.05) is 30.3 Å². The van der Waals surface area contributed by atoms with Crippen LogP contribution in [0.25, 0.3) is 16.9 Å². The van der Waals surface area contributed by atoms with Gasteiger partial charge in [0.25, 0.3) is 0 Å². The zero-order valence-electron chi connectivity index (χ0n) is 16.7. The number of nitrogens with one attached hydrogen (secondary N) is 2. The predicted molar refractivity (Wildman–Crippen MR) is 116 cm³/mol. The highest BCUT2D eigenvalue weighted by molar-refractivity contribution is 5.67. The van der Waals surface area contributed by atoms with Crippen molar-refractivity contribution in [1.82, 2.24) is 34.9 Å². The van der Waals surface area contributed by atoms with Crippen LogP contribution >= 0.6 is 0 Å². The number of nitrogens with zero attached hydrogens (tertiary/aromatic N) is 7. The third kappa shape index (κ3) is 3.67. The van der Waals surface area contributed by atoms with E-state index in [1.807, 2.05) is 54.4 Å². The molecule has 4 heterocycles. The Morgan fingerprint density at radius 3 is 2.73 bits per heavy atom. The molecule has 152 valence electrons. The summed E-state index contributed by atoms with van der Waals surface area (Å²) in [6, 6.07) is 14.2. The first-order valence-corrected chi connectivity index (χ1v) is 10.1. The van der Waals surface area contributed by atoms with E-state index in [1.165, 1.54) is 6.33 Å². The van der Waals surface area contributed by atoms with Crippen LogP contribution in [0.5, 0.6) is 0 Å². The second kappa shape index (κ2) is 8.03. The number of piperidine rings is 1. The summed E-state index contributed by atoms with van der Waals surface area (Å²) in [6.07, 6.45) is 5.42. The van der Waals surface area contributed by atoms with Crippen molar-refractivity contribution >= 4 is 23.4 Å². The second-order valence-corrected chi connectivity index (χ2v) is 7.30. The topological polar surface area (TPSA) is 96.2 Å². The molecule has 2 N–H and O–H groups in total. The lowest BCUT2D eigenvalue weighted by molar-refractivity contribution is 0.477. The van der Waals surface area contributed by atoms with Gasteiger partial charge in [0.05, 0.1) is 5.69 Å². The first-order chi connectivity index (χ1) is 14.8. The molecule has 1 saturated heterocycles. The minimum atomic E-state index is 0.383. The maximum absolute atomic E-state index is 4.86. The number of aromatic nitrogens is 6. The van der Waals surface area contributed by atoms with Crippen LogP contribution in [0.15, 0.2) is 55.0 Å². The second-order valence-electron chi connectivity index (χ2n) is 7.30. The average molecular weight is 401 g/mol. The Bertz CT molecular complexity index is 1140. The Hall–Kier alpha value is -3.59. The fourth-order valence-corrected chi connectivity index (χ4v) is 3.64. The van der Waals surface area contributed by atoms with E-state index in [-0.39, 0.29) is 0 Å². The lowest BCUT2D eigenvalue weighted by Crippen LogP contribution is -2.35. The number of hydrogen-bond acceptors (Lipinski definition) is 8. The zero-order chi connectivity index (χ0) is 20.3. The molecule has 4 aromatic rings. The van der Waals surface area contributed by atoms with Crippen LogP contribution in [-0.4, -0.2) is 55.7 Å². The van der Waals surface area contributed by atoms with E-state index in [0.717, 1.165) is 48.7 Å². The minimum Gasteiger partial charge on any atom is -0.351 e. The van der Waals surface area contributed by atoms with Gasteiger partial charge >= 0.3 is 0 Å². The summed E-state index contributed by atoms with van der Waals surface area (Å²) in [5.74, 6) is 1.99. The van der Waals surface area contributed by atoms with E-state index in [9.17, 15) is 0 Å². The lowest BCUT2D eigenvalue weighted by Gasteiger charge is -2.24. The summed E-state index contributed by atoms with van der Waals surface area (Å²) < 4.78 is 1.72. The van der Waals surface area contributed by atoms with Gasteiger partial charge in [0.15, 0.2) is 5.65 Å². The summed E-state index contributed by atoms with van der Waals surface area (Å²) in [5, 5.41) is 11.2. The Labute approximate surface area is 174 Å². The molecular formula is C21H23N9. The largest absolute Gasteiger partial charge is 0.351 e. The number of fused-ring (bicyclic) bond motifs is 1. The predicted octanol–water partition coefficient (Wildman–Crippen LogP) is 2.51. The Kier molecular flexibility index (Phi) is 4.94. The molecule has 0 amide bonds. The summed E-state index contributed by atoms with van der Waals surface area (Å²) in [5.41, 5.74) is 2.58. The van der Waals surface area contributed by atoms with E-state index < -0.39 is 0 Å². The SMILES string of the molecule is CN(c1ccnc(NC2CCNCC2)n1)c1nc(-c2ccccc2)cc2ncnn12. The minimum absolute atomic E-state index is 0.383. The van der Waals surface area contributed by atoms with E-state index in [2.05, 4.69) is 25.7 Å². The van der Waals surface area contributed by atoms with Crippen molar-refractivity contribution < 1.29 is 0 Å². The van der Waals surface area contributed by atoms with E-state index in [0.29, 0.717) is 17.9 Å². The number of anilines is 3. The molecule has 9 nitrogen and oxygen atoms in total. The molecule has 0 atom stereocenters. The van der Waals surface area contributed by atoms with Crippen molar-refractivity contribution in [2.75, 3.05) is 30.4 Å². The molecule has 5 rings (SSSR count). The summed E-state index contributed by atoms with van der Waals surface area (Å²) in [6.45, 7) is 2.02. The van der Waals surface area contributed by atoms with Crippen molar-refractivity contribution in [3.63, 3.8) is 0 Å². The standard InChI is InChI=1S/C21H23N9/c1-29(18-9-12-23-20(28-18)26-16-7-10-22-11-8-16)21-27-17(15-5-3-2-4-6-15)13-19-24-14-25-30(19)21/h2-6,9,12-14,16,22H,7-8,10-11H2,1H3,(H,23,26,28). The van der Waals surface area contributed by atoms with Gasteiger partial charge in [0.2, 0.25) is 11.9 Å². The highest BCUT2D eigenvalue weighted by Crippen LogP contribution is 2.25. The molecule has 1 aliphatic rings. The van der Waals surface area contributed by atoms with E-state index in [4.69, 9.17) is 9.97 Å². The molecule has 0 radical (unpaired) electrons. The Morgan fingerprint density at radius 2 is 1.90 bits per heavy atom.